The quantitative estimate of drug-likeness (QED) is 0.552. The molecule has 1 saturated heterocycles. The van der Waals surface area contributed by atoms with Gasteiger partial charge in [-0.25, -0.2) is 0 Å². The second-order valence-corrected chi connectivity index (χ2v) is 7.72. The summed E-state index contributed by atoms with van der Waals surface area (Å²) in [6, 6.07) is 0.402. The first kappa shape index (κ1) is 11.1. The van der Waals surface area contributed by atoms with Crippen molar-refractivity contribution in [2.45, 2.75) is 39.3 Å². The second kappa shape index (κ2) is 3.28. The predicted molar refractivity (Wildman–Crippen MR) is 60.9 cm³/mol. The maximum absolute atomic E-state index is 11.8. The Kier molecular flexibility index (Phi) is 2.79. The van der Waals surface area contributed by atoms with E-state index in [1.165, 1.54) is 0 Å². The minimum absolute atomic E-state index is 0.190. The highest BCUT2D eigenvalue weighted by atomic mass is 32.2. The molecule has 2 nitrogen and oxygen atoms in total. The van der Waals surface area contributed by atoms with Crippen molar-refractivity contribution >= 4 is 15.4 Å². The molecule has 1 aliphatic rings. The Morgan fingerprint density at radius 3 is 2.38 bits per heavy atom. The molecule has 1 fully saturated rings. The SMILES string of the molecule is C=S1(=O)CCN(C(C)(C)C)[C@@H](C)C1. The monoisotopic (exact) mass is 203 g/mol. The summed E-state index contributed by atoms with van der Waals surface area (Å²) in [6.07, 6.45) is 0. The zero-order valence-electron chi connectivity index (χ0n) is 9.17. The third-order valence-electron chi connectivity index (χ3n) is 2.64. The first-order chi connectivity index (χ1) is 5.72. The first-order valence-electron chi connectivity index (χ1n) is 4.82. The van der Waals surface area contributed by atoms with Crippen LogP contribution in [0.25, 0.3) is 0 Å². The third-order valence-corrected chi connectivity index (χ3v) is 4.66. The van der Waals surface area contributed by atoms with E-state index in [0.29, 0.717) is 6.04 Å². The van der Waals surface area contributed by atoms with Gasteiger partial charge < -0.3 is 0 Å². The van der Waals surface area contributed by atoms with Crippen molar-refractivity contribution in [3.05, 3.63) is 0 Å². The summed E-state index contributed by atoms with van der Waals surface area (Å²) in [7, 11) is -1.77. The van der Waals surface area contributed by atoms with Gasteiger partial charge in [-0.05, 0) is 43.1 Å². The van der Waals surface area contributed by atoms with E-state index in [9.17, 15) is 4.21 Å². The fourth-order valence-electron chi connectivity index (χ4n) is 2.09. The molecule has 0 saturated carbocycles. The third kappa shape index (κ3) is 2.71. The van der Waals surface area contributed by atoms with Gasteiger partial charge in [0, 0.05) is 29.6 Å². The fraction of sp³-hybridized carbons (Fsp3) is 0.900. The standard InChI is InChI=1S/C10H21NOS/c1-9-8-13(5,12)7-6-11(9)10(2,3)4/h9H,5-8H2,1-4H3/t9-,13?/m0/s1. The van der Waals surface area contributed by atoms with E-state index >= 15 is 0 Å². The van der Waals surface area contributed by atoms with E-state index in [4.69, 9.17) is 0 Å². The second-order valence-electron chi connectivity index (χ2n) is 5.05. The van der Waals surface area contributed by atoms with Crippen molar-refractivity contribution in [1.82, 2.24) is 4.90 Å². The summed E-state index contributed by atoms with van der Waals surface area (Å²) in [5, 5.41) is 0. The molecule has 2 atom stereocenters. The fourth-order valence-corrected chi connectivity index (χ4v) is 3.85. The Hall–Kier alpha value is -0.0200. The van der Waals surface area contributed by atoms with Gasteiger partial charge in [-0.3, -0.25) is 9.11 Å². The Labute approximate surface area is 82.3 Å². The topological polar surface area (TPSA) is 20.3 Å². The summed E-state index contributed by atoms with van der Waals surface area (Å²) < 4.78 is 11.8. The van der Waals surface area contributed by atoms with Crippen molar-refractivity contribution in [3.63, 3.8) is 0 Å². The summed E-state index contributed by atoms with van der Waals surface area (Å²) >= 11 is 0. The van der Waals surface area contributed by atoms with Crippen LogP contribution in [0.2, 0.25) is 0 Å². The summed E-state index contributed by atoms with van der Waals surface area (Å²) in [5.41, 5.74) is 0.190. The lowest BCUT2D eigenvalue weighted by atomic mass is 10.0. The van der Waals surface area contributed by atoms with Crippen LogP contribution in [-0.4, -0.2) is 44.6 Å². The highest BCUT2D eigenvalue weighted by Gasteiger charge is 2.31. The van der Waals surface area contributed by atoms with Gasteiger partial charge in [0.15, 0.2) is 0 Å². The molecule has 1 heterocycles. The molecule has 0 spiro atoms. The van der Waals surface area contributed by atoms with Crippen LogP contribution in [0.1, 0.15) is 27.7 Å². The van der Waals surface area contributed by atoms with Crippen molar-refractivity contribution < 1.29 is 4.21 Å². The first-order valence-corrected chi connectivity index (χ1v) is 6.88. The molecule has 0 aromatic heterocycles. The maximum Gasteiger partial charge on any atom is 0.0313 e. The zero-order valence-corrected chi connectivity index (χ0v) is 9.99. The van der Waals surface area contributed by atoms with Crippen molar-refractivity contribution in [1.29, 1.82) is 0 Å². The van der Waals surface area contributed by atoms with Gasteiger partial charge in [-0.1, -0.05) is 0 Å². The molecule has 0 N–H and O–H groups in total. The number of rotatable bonds is 0. The van der Waals surface area contributed by atoms with Crippen molar-refractivity contribution in [3.8, 4) is 0 Å². The van der Waals surface area contributed by atoms with E-state index in [-0.39, 0.29) is 5.54 Å². The molecule has 13 heavy (non-hydrogen) atoms. The van der Waals surface area contributed by atoms with Gasteiger partial charge in [0.1, 0.15) is 0 Å². The Balaban J connectivity index is 2.76. The molecule has 0 radical (unpaired) electrons. The predicted octanol–water partition coefficient (Wildman–Crippen LogP) is 1.21. The number of hydrogen-bond acceptors (Lipinski definition) is 2. The van der Waals surface area contributed by atoms with Crippen LogP contribution in [0, 0.1) is 0 Å². The molecular formula is C10H21NOS. The van der Waals surface area contributed by atoms with Gasteiger partial charge in [0.2, 0.25) is 0 Å². The van der Waals surface area contributed by atoms with Crippen LogP contribution in [0.15, 0.2) is 0 Å². The molecule has 0 aromatic rings. The molecule has 78 valence electrons. The van der Waals surface area contributed by atoms with Gasteiger partial charge in [0.25, 0.3) is 0 Å². The molecule has 1 aliphatic heterocycles. The molecule has 0 bridgehead atoms. The average molecular weight is 203 g/mol. The smallest absolute Gasteiger partial charge is 0.0313 e. The lowest BCUT2D eigenvalue weighted by Gasteiger charge is -2.44. The number of nitrogens with zero attached hydrogens (tertiary/aromatic N) is 1. The van der Waals surface area contributed by atoms with Gasteiger partial charge in [0.05, 0.1) is 0 Å². The molecule has 1 unspecified atom stereocenters. The zero-order chi connectivity index (χ0) is 10.3. The molecule has 0 aliphatic carbocycles. The highest BCUT2D eigenvalue weighted by Crippen LogP contribution is 2.21. The van der Waals surface area contributed by atoms with Crippen molar-refractivity contribution in [2.75, 3.05) is 18.1 Å². The molecule has 3 heteroatoms. The van der Waals surface area contributed by atoms with E-state index in [1.54, 1.807) is 0 Å². The van der Waals surface area contributed by atoms with E-state index in [2.05, 4.69) is 38.5 Å². The van der Waals surface area contributed by atoms with E-state index < -0.39 is 9.52 Å². The average Bonchev–Trinajstić information content (AvgIpc) is 1.80. The van der Waals surface area contributed by atoms with Crippen LogP contribution in [0.4, 0.5) is 0 Å². The van der Waals surface area contributed by atoms with Crippen LogP contribution in [0.3, 0.4) is 0 Å². The van der Waals surface area contributed by atoms with Crippen LogP contribution in [0.5, 0.6) is 0 Å². The number of hydrogen-bond donors (Lipinski definition) is 0. The highest BCUT2D eigenvalue weighted by molar-refractivity contribution is 8.00. The Morgan fingerprint density at radius 2 is 2.00 bits per heavy atom. The molecule has 0 amide bonds. The normalized spacial score (nSPS) is 37.7. The molecular weight excluding hydrogens is 182 g/mol. The van der Waals surface area contributed by atoms with Gasteiger partial charge in [-0.2, -0.15) is 0 Å². The lowest BCUT2D eigenvalue weighted by molar-refractivity contribution is 0.105. The summed E-state index contributed by atoms with van der Waals surface area (Å²) in [5.74, 6) is 5.31. The summed E-state index contributed by atoms with van der Waals surface area (Å²) in [4.78, 5) is 2.42. The Bertz CT molecular complexity index is 274. The van der Waals surface area contributed by atoms with Crippen molar-refractivity contribution in [2.24, 2.45) is 0 Å². The van der Waals surface area contributed by atoms with Crippen LogP contribution < -0.4 is 0 Å². The van der Waals surface area contributed by atoms with Gasteiger partial charge in [-0.15, -0.1) is 0 Å². The van der Waals surface area contributed by atoms with Crippen LogP contribution in [-0.2, 0) is 9.52 Å². The van der Waals surface area contributed by atoms with Gasteiger partial charge >= 0.3 is 0 Å². The van der Waals surface area contributed by atoms with E-state index in [1.807, 2.05) is 0 Å². The lowest BCUT2D eigenvalue weighted by Crippen LogP contribution is -2.54. The largest absolute Gasteiger partial charge is 0.294 e. The minimum Gasteiger partial charge on any atom is -0.294 e. The Morgan fingerprint density at radius 1 is 1.46 bits per heavy atom. The summed E-state index contributed by atoms with van der Waals surface area (Å²) in [6.45, 7) is 9.70. The molecule has 0 aromatic carbocycles. The minimum atomic E-state index is -1.77. The van der Waals surface area contributed by atoms with Crippen LogP contribution >= 0.6 is 0 Å². The van der Waals surface area contributed by atoms with E-state index in [0.717, 1.165) is 18.1 Å². The molecule has 1 rings (SSSR count). The maximum atomic E-state index is 11.8.